The van der Waals surface area contributed by atoms with Gasteiger partial charge in [0.15, 0.2) is 9.34 Å². The van der Waals surface area contributed by atoms with Gasteiger partial charge in [-0.15, -0.1) is 0 Å². The lowest BCUT2D eigenvalue weighted by molar-refractivity contribution is -0.130. The van der Waals surface area contributed by atoms with Crippen LogP contribution in [0.4, 0.5) is 5.13 Å². The molecule has 22 heavy (non-hydrogen) atoms. The predicted molar refractivity (Wildman–Crippen MR) is 82.2 cm³/mol. The van der Waals surface area contributed by atoms with Crippen molar-refractivity contribution in [2.75, 3.05) is 31.5 Å². The van der Waals surface area contributed by atoms with Gasteiger partial charge in [-0.25, -0.2) is 13.4 Å². The molecule has 1 aromatic rings. The number of anilines is 1. The summed E-state index contributed by atoms with van der Waals surface area (Å²) in [6.45, 7) is 5.68. The van der Waals surface area contributed by atoms with E-state index in [1.165, 1.54) is 18.2 Å². The Balaban J connectivity index is 2.19. The van der Waals surface area contributed by atoms with E-state index in [1.807, 2.05) is 0 Å². The molecule has 0 saturated carbocycles. The minimum Gasteiger partial charge on any atom is -0.340 e. The van der Waals surface area contributed by atoms with Crippen LogP contribution in [-0.4, -0.2) is 60.6 Å². The van der Waals surface area contributed by atoms with E-state index in [2.05, 4.69) is 10.3 Å². The number of nitrogens with one attached hydrogen (secondary N) is 1. The first kappa shape index (κ1) is 16.8. The summed E-state index contributed by atoms with van der Waals surface area (Å²) < 4.78 is 26.8. The summed E-state index contributed by atoms with van der Waals surface area (Å²) in [5.74, 6) is -0.355. The number of rotatable bonds is 3. The van der Waals surface area contributed by atoms with Crippen LogP contribution in [0.3, 0.4) is 0 Å². The van der Waals surface area contributed by atoms with Crippen molar-refractivity contribution in [2.24, 2.45) is 0 Å². The Morgan fingerprint density at radius 3 is 2.27 bits per heavy atom. The second kappa shape index (κ2) is 6.31. The van der Waals surface area contributed by atoms with E-state index in [0.29, 0.717) is 18.8 Å². The van der Waals surface area contributed by atoms with Gasteiger partial charge >= 0.3 is 0 Å². The number of hydrogen-bond donors (Lipinski definition) is 1. The van der Waals surface area contributed by atoms with Gasteiger partial charge in [-0.05, 0) is 6.92 Å². The van der Waals surface area contributed by atoms with Crippen LogP contribution in [0.25, 0.3) is 0 Å². The van der Waals surface area contributed by atoms with E-state index in [-0.39, 0.29) is 34.2 Å². The Hall–Kier alpha value is -1.52. The quantitative estimate of drug-likeness (QED) is 0.846. The number of aromatic nitrogens is 1. The molecule has 0 aromatic carbocycles. The SMILES string of the molecule is CC(=O)Nc1nc(C)c(S(=O)(=O)N2CCN(C(C)=O)CC2)s1. The molecule has 1 fully saturated rings. The first-order chi connectivity index (χ1) is 10.2. The molecule has 10 heteroatoms. The molecule has 1 aliphatic rings. The van der Waals surface area contributed by atoms with Crippen LogP contribution in [0.2, 0.25) is 0 Å². The third-order valence-corrected chi connectivity index (χ3v) is 6.85. The van der Waals surface area contributed by atoms with Gasteiger partial charge in [-0.3, -0.25) is 9.59 Å². The van der Waals surface area contributed by atoms with Gasteiger partial charge in [0.2, 0.25) is 11.8 Å². The number of carbonyl (C=O) groups is 2. The summed E-state index contributed by atoms with van der Waals surface area (Å²) in [7, 11) is -3.66. The highest BCUT2D eigenvalue weighted by atomic mass is 32.2. The van der Waals surface area contributed by atoms with Crippen LogP contribution in [0, 0.1) is 6.92 Å². The number of sulfonamides is 1. The lowest BCUT2D eigenvalue weighted by Gasteiger charge is -2.33. The van der Waals surface area contributed by atoms with Gasteiger partial charge in [0.25, 0.3) is 10.0 Å². The second-order valence-electron chi connectivity index (χ2n) is 4.98. The molecular formula is C12H18N4O4S2. The summed E-state index contributed by atoms with van der Waals surface area (Å²) in [4.78, 5) is 28.0. The molecule has 0 spiro atoms. The lowest BCUT2D eigenvalue weighted by Crippen LogP contribution is -2.49. The topological polar surface area (TPSA) is 99.7 Å². The molecule has 0 radical (unpaired) electrons. The number of carbonyl (C=O) groups excluding carboxylic acids is 2. The predicted octanol–water partition coefficient (Wildman–Crippen LogP) is 0.263. The van der Waals surface area contributed by atoms with E-state index in [4.69, 9.17) is 0 Å². The van der Waals surface area contributed by atoms with E-state index >= 15 is 0 Å². The maximum atomic E-state index is 12.7. The third kappa shape index (κ3) is 3.45. The monoisotopic (exact) mass is 346 g/mol. The first-order valence-corrected chi connectivity index (χ1v) is 8.98. The van der Waals surface area contributed by atoms with Crippen molar-refractivity contribution < 1.29 is 18.0 Å². The van der Waals surface area contributed by atoms with Gasteiger partial charge < -0.3 is 10.2 Å². The van der Waals surface area contributed by atoms with Crippen LogP contribution in [0.5, 0.6) is 0 Å². The molecule has 0 bridgehead atoms. The smallest absolute Gasteiger partial charge is 0.254 e. The highest BCUT2D eigenvalue weighted by molar-refractivity contribution is 7.91. The van der Waals surface area contributed by atoms with Crippen LogP contribution in [0.15, 0.2) is 4.21 Å². The Morgan fingerprint density at radius 2 is 1.77 bits per heavy atom. The fraction of sp³-hybridized carbons (Fsp3) is 0.583. The number of nitrogens with zero attached hydrogens (tertiary/aromatic N) is 3. The van der Waals surface area contributed by atoms with Gasteiger partial charge in [-0.1, -0.05) is 11.3 Å². The summed E-state index contributed by atoms with van der Waals surface area (Å²) in [6, 6.07) is 0. The summed E-state index contributed by atoms with van der Waals surface area (Å²) in [5, 5.41) is 2.77. The van der Waals surface area contributed by atoms with Crippen LogP contribution in [0.1, 0.15) is 19.5 Å². The normalized spacial score (nSPS) is 16.6. The van der Waals surface area contributed by atoms with Crippen molar-refractivity contribution in [3.63, 3.8) is 0 Å². The van der Waals surface area contributed by atoms with Crippen molar-refractivity contribution in [3.05, 3.63) is 5.69 Å². The van der Waals surface area contributed by atoms with Gasteiger partial charge in [0.1, 0.15) is 0 Å². The maximum absolute atomic E-state index is 12.7. The molecule has 0 aliphatic carbocycles. The average Bonchev–Trinajstić information content (AvgIpc) is 2.79. The largest absolute Gasteiger partial charge is 0.340 e. The molecule has 1 saturated heterocycles. The molecule has 2 amide bonds. The minimum atomic E-state index is -3.66. The number of thiazole rings is 1. The minimum absolute atomic E-state index is 0.0565. The first-order valence-electron chi connectivity index (χ1n) is 6.72. The molecule has 0 unspecified atom stereocenters. The second-order valence-corrected chi connectivity index (χ2v) is 8.12. The molecule has 1 aliphatic heterocycles. The third-order valence-electron chi connectivity index (χ3n) is 3.30. The standard InChI is InChI=1S/C12H18N4O4S2/c1-8-11(21-12(13-8)14-9(2)17)22(19,20)16-6-4-15(5-7-16)10(3)18/h4-7H2,1-3H3,(H,13,14,17). The number of piperazine rings is 1. The molecule has 2 heterocycles. The van der Waals surface area contributed by atoms with Crippen LogP contribution in [-0.2, 0) is 19.6 Å². The Kier molecular flexibility index (Phi) is 4.83. The Bertz CT molecular complexity index is 690. The fourth-order valence-electron chi connectivity index (χ4n) is 2.19. The van der Waals surface area contributed by atoms with Crippen LogP contribution < -0.4 is 5.32 Å². The van der Waals surface area contributed by atoms with Crippen molar-refractivity contribution in [1.29, 1.82) is 0 Å². The summed E-state index contributed by atoms with van der Waals surface area (Å²) in [5.41, 5.74) is 0.364. The van der Waals surface area contributed by atoms with Crippen molar-refractivity contribution in [3.8, 4) is 0 Å². The molecule has 122 valence electrons. The summed E-state index contributed by atoms with van der Waals surface area (Å²) >= 11 is 0.942. The Morgan fingerprint density at radius 1 is 1.18 bits per heavy atom. The van der Waals surface area contributed by atoms with Gasteiger partial charge in [0, 0.05) is 40.0 Å². The highest BCUT2D eigenvalue weighted by Gasteiger charge is 2.32. The molecule has 1 N–H and O–H groups in total. The number of aryl methyl sites for hydroxylation is 1. The van der Waals surface area contributed by atoms with E-state index in [0.717, 1.165) is 11.3 Å². The zero-order chi connectivity index (χ0) is 16.5. The van der Waals surface area contributed by atoms with Gasteiger partial charge in [0.05, 0.1) is 5.69 Å². The highest BCUT2D eigenvalue weighted by Crippen LogP contribution is 2.30. The fourth-order valence-corrected chi connectivity index (χ4v) is 5.20. The Labute approximate surface area is 133 Å². The van der Waals surface area contributed by atoms with Crippen molar-refractivity contribution >= 4 is 38.3 Å². The average molecular weight is 346 g/mol. The van der Waals surface area contributed by atoms with Crippen molar-refractivity contribution in [2.45, 2.75) is 25.0 Å². The lowest BCUT2D eigenvalue weighted by atomic mass is 10.3. The molecule has 2 rings (SSSR count). The van der Waals surface area contributed by atoms with E-state index < -0.39 is 10.0 Å². The zero-order valence-corrected chi connectivity index (χ0v) is 14.3. The van der Waals surface area contributed by atoms with E-state index in [1.54, 1.807) is 11.8 Å². The van der Waals surface area contributed by atoms with E-state index in [9.17, 15) is 18.0 Å². The number of amides is 2. The molecule has 1 aromatic heterocycles. The van der Waals surface area contributed by atoms with Crippen LogP contribution >= 0.6 is 11.3 Å². The summed E-state index contributed by atoms with van der Waals surface area (Å²) in [6.07, 6.45) is 0. The van der Waals surface area contributed by atoms with Gasteiger partial charge in [-0.2, -0.15) is 4.31 Å². The molecule has 0 atom stereocenters. The zero-order valence-electron chi connectivity index (χ0n) is 12.6. The van der Waals surface area contributed by atoms with Crippen molar-refractivity contribution in [1.82, 2.24) is 14.2 Å². The number of hydrogen-bond acceptors (Lipinski definition) is 6. The molecular weight excluding hydrogens is 328 g/mol. The molecule has 8 nitrogen and oxygen atoms in total. The maximum Gasteiger partial charge on any atom is 0.254 e.